The van der Waals surface area contributed by atoms with E-state index in [1.807, 2.05) is 18.2 Å². The normalized spacial score (nSPS) is 10.7. The molecule has 3 N–H and O–H groups in total. The lowest BCUT2D eigenvalue weighted by Crippen LogP contribution is -2.42. The molecule has 0 unspecified atom stereocenters. The van der Waals surface area contributed by atoms with Crippen molar-refractivity contribution < 1.29 is 27.4 Å². The second-order valence-electron chi connectivity index (χ2n) is 6.06. The molecule has 11 heteroatoms. The van der Waals surface area contributed by atoms with Gasteiger partial charge in [0.2, 0.25) is 5.91 Å². The number of ether oxygens (including phenoxy) is 2. The molecule has 0 aromatic heterocycles. The highest BCUT2D eigenvalue weighted by atomic mass is 127. The fourth-order valence-electron chi connectivity index (χ4n) is 2.56. The van der Waals surface area contributed by atoms with Crippen LogP contribution in [-0.2, 0) is 11.2 Å². The van der Waals surface area contributed by atoms with Crippen molar-refractivity contribution in [2.45, 2.75) is 6.42 Å². The third kappa shape index (κ3) is 7.49. The average molecular weight is 552 g/mol. The summed E-state index contributed by atoms with van der Waals surface area (Å²) in [5.74, 6) is -3.48. The molecule has 0 bridgehead atoms. The van der Waals surface area contributed by atoms with Crippen molar-refractivity contribution in [3.05, 3.63) is 53.3 Å². The predicted octanol–water partition coefficient (Wildman–Crippen LogP) is 3.09. The molecule has 0 aliphatic rings. The van der Waals surface area contributed by atoms with E-state index < -0.39 is 29.0 Å². The van der Waals surface area contributed by atoms with E-state index in [-0.39, 0.29) is 30.5 Å². The number of hydrogen-bond donors (Lipinski definition) is 3. The molecule has 0 saturated carbocycles. The number of anilines is 1. The smallest absolute Gasteiger partial charge is 0.243 e. The van der Waals surface area contributed by atoms with Crippen LogP contribution in [0.5, 0.6) is 11.5 Å². The molecule has 0 radical (unpaired) electrons. The molecular formula is C20H24F3IN4O3. The molecule has 2 aromatic rings. The van der Waals surface area contributed by atoms with E-state index in [4.69, 9.17) is 9.47 Å². The molecule has 0 fully saturated rings. The lowest BCUT2D eigenvalue weighted by atomic mass is 10.1. The van der Waals surface area contributed by atoms with E-state index in [0.29, 0.717) is 30.4 Å². The maximum absolute atomic E-state index is 13.6. The summed E-state index contributed by atoms with van der Waals surface area (Å²) in [6, 6.07) is 7.25. The molecule has 7 nitrogen and oxygen atoms in total. The first-order valence-corrected chi connectivity index (χ1v) is 8.98. The highest BCUT2D eigenvalue weighted by Gasteiger charge is 2.15. The zero-order valence-electron chi connectivity index (χ0n) is 17.2. The van der Waals surface area contributed by atoms with Crippen LogP contribution in [0, 0.1) is 17.5 Å². The summed E-state index contributed by atoms with van der Waals surface area (Å²) >= 11 is 0. The van der Waals surface area contributed by atoms with Crippen molar-refractivity contribution in [2.24, 2.45) is 4.99 Å². The van der Waals surface area contributed by atoms with Crippen LogP contribution in [0.2, 0.25) is 0 Å². The molecule has 0 saturated heterocycles. The minimum atomic E-state index is -1.65. The Labute approximate surface area is 195 Å². The third-order valence-corrected chi connectivity index (χ3v) is 4.10. The highest BCUT2D eigenvalue weighted by molar-refractivity contribution is 14.0. The average Bonchev–Trinajstić information content (AvgIpc) is 2.76. The molecular weight excluding hydrogens is 528 g/mol. The monoisotopic (exact) mass is 552 g/mol. The summed E-state index contributed by atoms with van der Waals surface area (Å²) in [5.41, 5.74) is 0.555. The standard InChI is InChI=1S/C20H23F3N4O3.HI/c1-24-20(25-9-8-12-4-7-15(29-2)16(10-12)30-3)26-11-17(28)27-14-6-5-13(21)18(22)19(14)23;/h4-7,10H,8-9,11H2,1-3H3,(H,27,28)(H2,24,25,26);1H. The van der Waals surface area contributed by atoms with Gasteiger partial charge in [-0.25, -0.2) is 13.2 Å². The Hall–Kier alpha value is -2.70. The van der Waals surface area contributed by atoms with E-state index in [0.717, 1.165) is 17.7 Å². The zero-order valence-corrected chi connectivity index (χ0v) is 19.6. The molecule has 170 valence electrons. The summed E-state index contributed by atoms with van der Waals surface area (Å²) in [6.45, 7) is 0.253. The van der Waals surface area contributed by atoms with Gasteiger partial charge in [-0.15, -0.1) is 24.0 Å². The molecule has 0 atom stereocenters. The van der Waals surface area contributed by atoms with Crippen molar-refractivity contribution in [3.8, 4) is 11.5 Å². The Morgan fingerprint density at radius 3 is 2.35 bits per heavy atom. The molecule has 0 heterocycles. The Morgan fingerprint density at radius 2 is 1.71 bits per heavy atom. The quantitative estimate of drug-likeness (QED) is 0.203. The summed E-state index contributed by atoms with van der Waals surface area (Å²) in [7, 11) is 4.65. The SMILES string of the molecule is CN=C(NCCc1ccc(OC)c(OC)c1)NCC(=O)Nc1ccc(F)c(F)c1F.I. The van der Waals surface area contributed by atoms with Gasteiger partial charge in [-0.3, -0.25) is 9.79 Å². The van der Waals surface area contributed by atoms with Crippen LogP contribution in [0.25, 0.3) is 0 Å². The van der Waals surface area contributed by atoms with Gasteiger partial charge in [-0.2, -0.15) is 0 Å². The van der Waals surface area contributed by atoms with E-state index in [2.05, 4.69) is 20.9 Å². The summed E-state index contributed by atoms with van der Waals surface area (Å²) < 4.78 is 50.2. The van der Waals surface area contributed by atoms with E-state index >= 15 is 0 Å². The number of nitrogens with zero attached hydrogens (tertiary/aromatic N) is 1. The summed E-state index contributed by atoms with van der Waals surface area (Å²) in [4.78, 5) is 15.9. The first kappa shape index (κ1) is 26.3. The van der Waals surface area contributed by atoms with Crippen LogP contribution >= 0.6 is 24.0 Å². The Kier molecular flexibility index (Phi) is 10.9. The van der Waals surface area contributed by atoms with Gasteiger partial charge < -0.3 is 25.4 Å². The maximum atomic E-state index is 13.6. The minimum absolute atomic E-state index is 0. The second kappa shape index (κ2) is 12.9. The zero-order chi connectivity index (χ0) is 22.1. The Bertz CT molecular complexity index is 929. The topological polar surface area (TPSA) is 84.0 Å². The summed E-state index contributed by atoms with van der Waals surface area (Å²) in [5, 5.41) is 7.96. The van der Waals surface area contributed by atoms with Crippen LogP contribution in [-0.4, -0.2) is 46.2 Å². The summed E-state index contributed by atoms with van der Waals surface area (Å²) in [6.07, 6.45) is 0.646. The van der Waals surface area contributed by atoms with Crippen LogP contribution in [0.4, 0.5) is 18.9 Å². The predicted molar refractivity (Wildman–Crippen MR) is 123 cm³/mol. The molecule has 2 rings (SSSR count). The molecule has 31 heavy (non-hydrogen) atoms. The van der Waals surface area contributed by atoms with Gasteiger partial charge >= 0.3 is 0 Å². The second-order valence-corrected chi connectivity index (χ2v) is 6.06. The van der Waals surface area contributed by atoms with Gasteiger partial charge in [0, 0.05) is 13.6 Å². The molecule has 0 aliphatic heterocycles. The number of hydrogen-bond acceptors (Lipinski definition) is 4. The molecule has 0 aliphatic carbocycles. The van der Waals surface area contributed by atoms with Gasteiger partial charge in [0.1, 0.15) is 0 Å². The van der Waals surface area contributed by atoms with E-state index in [1.54, 1.807) is 14.2 Å². The van der Waals surface area contributed by atoms with Crippen molar-refractivity contribution in [2.75, 3.05) is 39.7 Å². The van der Waals surface area contributed by atoms with Crippen LogP contribution < -0.4 is 25.4 Å². The lowest BCUT2D eigenvalue weighted by Gasteiger charge is -2.13. The van der Waals surface area contributed by atoms with Gasteiger partial charge in [-0.05, 0) is 36.2 Å². The van der Waals surface area contributed by atoms with Gasteiger partial charge in [0.15, 0.2) is 34.9 Å². The first-order valence-electron chi connectivity index (χ1n) is 8.98. The number of amides is 1. The van der Waals surface area contributed by atoms with Crippen LogP contribution in [0.1, 0.15) is 5.56 Å². The van der Waals surface area contributed by atoms with Crippen molar-refractivity contribution >= 4 is 41.5 Å². The Morgan fingerprint density at radius 1 is 1.00 bits per heavy atom. The first-order chi connectivity index (χ1) is 14.4. The van der Waals surface area contributed by atoms with Crippen LogP contribution in [0.3, 0.4) is 0 Å². The fraction of sp³-hybridized carbons (Fsp3) is 0.300. The minimum Gasteiger partial charge on any atom is -0.493 e. The fourth-order valence-corrected chi connectivity index (χ4v) is 2.56. The van der Waals surface area contributed by atoms with Crippen molar-refractivity contribution in [3.63, 3.8) is 0 Å². The van der Waals surface area contributed by atoms with Gasteiger partial charge in [0.05, 0.1) is 26.5 Å². The Balaban J connectivity index is 0.00000480. The van der Waals surface area contributed by atoms with Gasteiger partial charge in [0.25, 0.3) is 0 Å². The number of nitrogens with one attached hydrogen (secondary N) is 3. The molecule has 1 amide bonds. The lowest BCUT2D eigenvalue weighted by molar-refractivity contribution is -0.115. The maximum Gasteiger partial charge on any atom is 0.243 e. The van der Waals surface area contributed by atoms with Crippen molar-refractivity contribution in [1.29, 1.82) is 0 Å². The number of guanidine groups is 1. The van der Waals surface area contributed by atoms with Gasteiger partial charge in [-0.1, -0.05) is 6.07 Å². The van der Waals surface area contributed by atoms with Crippen molar-refractivity contribution in [1.82, 2.24) is 10.6 Å². The van der Waals surface area contributed by atoms with E-state index in [1.165, 1.54) is 7.05 Å². The number of benzene rings is 2. The third-order valence-electron chi connectivity index (χ3n) is 4.10. The molecule has 2 aromatic carbocycles. The number of carbonyl (C=O) groups excluding carboxylic acids is 1. The molecule has 0 spiro atoms. The number of rotatable bonds is 8. The number of halogens is 4. The number of aliphatic imine (C=N–C) groups is 1. The number of methoxy groups -OCH3 is 2. The van der Waals surface area contributed by atoms with Crippen LogP contribution in [0.15, 0.2) is 35.3 Å². The largest absolute Gasteiger partial charge is 0.493 e. The number of carbonyl (C=O) groups is 1. The highest BCUT2D eigenvalue weighted by Crippen LogP contribution is 2.27. The van der Waals surface area contributed by atoms with E-state index in [9.17, 15) is 18.0 Å².